The van der Waals surface area contributed by atoms with Gasteiger partial charge in [-0.2, -0.15) is 11.8 Å². The minimum Gasteiger partial charge on any atom is -0.462 e. The standard InChI is InChI=1S/C34H59NO3S/c1-25(2)39-24-14-12-10-8-6-7-9-11-13-15-32(37)38-30-19-17-27-26-16-18-29-33(3,23-21-31(36)35(29)5)28(26)20-22-34(27,30)4/h25-30H,6-24H2,1-5H3/t26-,27-,28-,29+,30?,33+,34-/m0/s1. The van der Waals surface area contributed by atoms with Gasteiger partial charge in [-0.15, -0.1) is 0 Å². The summed E-state index contributed by atoms with van der Waals surface area (Å²) in [5.74, 6) is 3.82. The third-order valence-electron chi connectivity index (χ3n) is 11.7. The van der Waals surface area contributed by atoms with Crippen LogP contribution in [0, 0.1) is 28.6 Å². The first-order valence-corrected chi connectivity index (χ1v) is 17.8. The van der Waals surface area contributed by atoms with Gasteiger partial charge in [0.15, 0.2) is 0 Å². The number of esters is 1. The van der Waals surface area contributed by atoms with Crippen molar-refractivity contribution in [3.8, 4) is 0 Å². The number of carbonyl (C=O) groups excluding carboxylic acids is 2. The van der Waals surface area contributed by atoms with Crippen molar-refractivity contribution < 1.29 is 14.3 Å². The maximum atomic E-state index is 12.8. The Hall–Kier alpha value is -0.710. The molecule has 4 nitrogen and oxygen atoms in total. The van der Waals surface area contributed by atoms with Crippen molar-refractivity contribution in [2.24, 2.45) is 28.6 Å². The van der Waals surface area contributed by atoms with Gasteiger partial charge in [0.25, 0.3) is 0 Å². The minimum atomic E-state index is 0.0475. The van der Waals surface area contributed by atoms with Crippen LogP contribution in [0.4, 0.5) is 0 Å². The number of piperidine rings is 1. The number of nitrogens with zero attached hydrogens (tertiary/aromatic N) is 1. The van der Waals surface area contributed by atoms with E-state index < -0.39 is 0 Å². The van der Waals surface area contributed by atoms with E-state index in [2.05, 4.69) is 44.4 Å². The molecular weight excluding hydrogens is 502 g/mol. The smallest absolute Gasteiger partial charge is 0.306 e. The van der Waals surface area contributed by atoms with Gasteiger partial charge in [0.2, 0.25) is 5.91 Å². The average Bonchev–Trinajstić information content (AvgIpc) is 3.23. The summed E-state index contributed by atoms with van der Waals surface area (Å²) in [7, 11) is 2.04. The van der Waals surface area contributed by atoms with Crippen molar-refractivity contribution in [3.05, 3.63) is 0 Å². The number of hydrogen-bond acceptors (Lipinski definition) is 4. The lowest BCUT2D eigenvalue weighted by Gasteiger charge is -2.61. The first-order chi connectivity index (χ1) is 18.7. The fraction of sp³-hybridized carbons (Fsp3) is 0.941. The molecule has 1 heterocycles. The van der Waals surface area contributed by atoms with Crippen molar-refractivity contribution in [2.45, 2.75) is 161 Å². The Morgan fingerprint density at radius 1 is 0.872 bits per heavy atom. The second-order valence-corrected chi connectivity index (χ2v) is 16.1. The highest BCUT2D eigenvalue weighted by Crippen LogP contribution is 2.65. The van der Waals surface area contributed by atoms with Crippen LogP contribution < -0.4 is 0 Å². The predicted octanol–water partition coefficient (Wildman–Crippen LogP) is 8.80. The third kappa shape index (κ3) is 7.20. The molecule has 0 aromatic rings. The van der Waals surface area contributed by atoms with Crippen LogP contribution in [0.3, 0.4) is 0 Å². The number of likely N-dealkylation sites (tertiary alicyclic amines) is 1. The van der Waals surface area contributed by atoms with Crippen LogP contribution in [0.1, 0.15) is 143 Å². The summed E-state index contributed by atoms with van der Waals surface area (Å²) in [5.41, 5.74) is 0.401. The van der Waals surface area contributed by atoms with E-state index >= 15 is 0 Å². The Labute approximate surface area is 244 Å². The zero-order chi connectivity index (χ0) is 28.0. The van der Waals surface area contributed by atoms with Crippen molar-refractivity contribution >= 4 is 23.6 Å². The van der Waals surface area contributed by atoms with Crippen LogP contribution in [-0.2, 0) is 14.3 Å². The molecule has 224 valence electrons. The second kappa shape index (κ2) is 14.0. The summed E-state index contributed by atoms with van der Waals surface area (Å²) in [6.07, 6.45) is 21.1. The van der Waals surface area contributed by atoms with Gasteiger partial charge in [-0.3, -0.25) is 9.59 Å². The van der Waals surface area contributed by atoms with Gasteiger partial charge in [-0.25, -0.2) is 0 Å². The molecule has 1 unspecified atom stereocenters. The molecule has 4 aliphatic rings. The molecular formula is C34H59NO3S. The highest BCUT2D eigenvalue weighted by atomic mass is 32.2. The highest BCUT2D eigenvalue weighted by Gasteiger charge is 2.61. The zero-order valence-electron chi connectivity index (χ0n) is 26.0. The number of thioether (sulfide) groups is 1. The highest BCUT2D eigenvalue weighted by molar-refractivity contribution is 7.99. The largest absolute Gasteiger partial charge is 0.462 e. The summed E-state index contributed by atoms with van der Waals surface area (Å²) in [6, 6.07) is 0.415. The van der Waals surface area contributed by atoms with Gasteiger partial charge in [-0.05, 0) is 92.0 Å². The SMILES string of the molecule is CC(C)SCCCCCCCCCCCC(=O)OC1CC[C@H]2[C@@H]3CC[C@H]4N(C)C(=O)CC[C@]4(C)[C@H]3CC[C@]12C. The maximum Gasteiger partial charge on any atom is 0.306 e. The van der Waals surface area contributed by atoms with Crippen LogP contribution >= 0.6 is 11.8 Å². The normalized spacial score (nSPS) is 36.0. The molecule has 4 rings (SSSR count). The number of hydrogen-bond donors (Lipinski definition) is 0. The first kappa shape index (κ1) is 31.2. The first-order valence-electron chi connectivity index (χ1n) is 16.7. The fourth-order valence-electron chi connectivity index (χ4n) is 9.44. The van der Waals surface area contributed by atoms with E-state index in [1.165, 1.54) is 76.4 Å². The predicted molar refractivity (Wildman–Crippen MR) is 164 cm³/mol. The summed E-state index contributed by atoms with van der Waals surface area (Å²) in [4.78, 5) is 27.3. The monoisotopic (exact) mass is 561 g/mol. The van der Waals surface area contributed by atoms with E-state index in [1.54, 1.807) is 0 Å². The molecule has 7 atom stereocenters. The van der Waals surface area contributed by atoms with E-state index in [4.69, 9.17) is 4.74 Å². The van der Waals surface area contributed by atoms with Crippen LogP contribution in [0.2, 0.25) is 0 Å². The Morgan fingerprint density at radius 2 is 1.51 bits per heavy atom. The molecule has 0 aromatic carbocycles. The van der Waals surface area contributed by atoms with E-state index in [9.17, 15) is 9.59 Å². The van der Waals surface area contributed by atoms with E-state index in [0.717, 1.165) is 43.3 Å². The van der Waals surface area contributed by atoms with Gasteiger partial charge in [-0.1, -0.05) is 72.6 Å². The van der Waals surface area contributed by atoms with Crippen molar-refractivity contribution in [2.75, 3.05) is 12.8 Å². The lowest BCUT2D eigenvalue weighted by molar-refractivity contribution is -0.168. The van der Waals surface area contributed by atoms with Crippen LogP contribution in [0.15, 0.2) is 0 Å². The van der Waals surface area contributed by atoms with Gasteiger partial charge in [0.05, 0.1) is 0 Å². The number of carbonyl (C=O) groups is 2. The minimum absolute atomic E-state index is 0.0475. The van der Waals surface area contributed by atoms with Gasteiger partial charge in [0.1, 0.15) is 6.10 Å². The van der Waals surface area contributed by atoms with E-state index in [-0.39, 0.29) is 22.9 Å². The van der Waals surface area contributed by atoms with E-state index in [1.807, 2.05) is 7.05 Å². The molecule has 4 fully saturated rings. The Morgan fingerprint density at radius 3 is 2.21 bits per heavy atom. The quantitative estimate of drug-likeness (QED) is 0.157. The number of rotatable bonds is 14. The molecule has 0 radical (unpaired) electrons. The Bertz CT molecular complexity index is 816. The lowest BCUT2D eigenvalue weighted by Crippen LogP contribution is -2.61. The number of fused-ring (bicyclic) bond motifs is 5. The van der Waals surface area contributed by atoms with E-state index in [0.29, 0.717) is 36.6 Å². The Kier molecular flexibility index (Phi) is 11.2. The maximum absolute atomic E-state index is 12.8. The second-order valence-electron chi connectivity index (χ2n) is 14.4. The summed E-state index contributed by atoms with van der Waals surface area (Å²) < 4.78 is 6.24. The number of ether oxygens (including phenoxy) is 1. The van der Waals surface area contributed by atoms with Crippen molar-refractivity contribution in [1.82, 2.24) is 4.90 Å². The molecule has 3 saturated carbocycles. The molecule has 1 amide bonds. The Balaban J connectivity index is 1.13. The van der Waals surface area contributed by atoms with Gasteiger partial charge < -0.3 is 9.64 Å². The molecule has 5 heteroatoms. The lowest BCUT2D eigenvalue weighted by atomic mass is 9.47. The molecule has 0 spiro atoms. The van der Waals surface area contributed by atoms with Crippen LogP contribution in [-0.4, -0.2) is 47.0 Å². The van der Waals surface area contributed by atoms with Crippen molar-refractivity contribution in [3.63, 3.8) is 0 Å². The molecule has 0 N–H and O–H groups in total. The zero-order valence-corrected chi connectivity index (χ0v) is 26.8. The van der Waals surface area contributed by atoms with Gasteiger partial charge in [0, 0.05) is 31.3 Å². The summed E-state index contributed by atoms with van der Waals surface area (Å²) in [5, 5.41) is 0.766. The molecule has 3 aliphatic carbocycles. The van der Waals surface area contributed by atoms with Crippen LogP contribution in [0.5, 0.6) is 0 Å². The van der Waals surface area contributed by atoms with Crippen molar-refractivity contribution in [1.29, 1.82) is 0 Å². The average molecular weight is 562 g/mol. The molecule has 0 bridgehead atoms. The summed E-state index contributed by atoms with van der Waals surface area (Å²) in [6.45, 7) is 9.49. The van der Waals surface area contributed by atoms with Gasteiger partial charge >= 0.3 is 5.97 Å². The third-order valence-corrected chi connectivity index (χ3v) is 12.9. The number of unbranched alkanes of at least 4 members (excludes halogenated alkanes) is 8. The fourth-order valence-corrected chi connectivity index (χ4v) is 10.3. The molecule has 1 aliphatic heterocycles. The molecule has 1 saturated heterocycles. The van der Waals surface area contributed by atoms with Crippen LogP contribution in [0.25, 0.3) is 0 Å². The number of amides is 1. The summed E-state index contributed by atoms with van der Waals surface area (Å²) >= 11 is 2.09. The topological polar surface area (TPSA) is 46.6 Å². The molecule has 0 aromatic heterocycles. The molecule has 39 heavy (non-hydrogen) atoms.